The highest BCUT2D eigenvalue weighted by Gasteiger charge is 2.34. The normalized spacial score (nSPS) is 16.1. The van der Waals surface area contributed by atoms with Gasteiger partial charge in [0.2, 0.25) is 0 Å². The van der Waals surface area contributed by atoms with Gasteiger partial charge in [0.15, 0.2) is 11.3 Å². The van der Waals surface area contributed by atoms with Crippen LogP contribution in [0.4, 0.5) is 23.2 Å². The molecule has 0 radical (unpaired) electrons. The quantitative estimate of drug-likeness (QED) is 0.471. The minimum Gasteiger partial charge on any atom is -0.368 e. The molecule has 1 saturated heterocycles. The first-order valence-corrected chi connectivity index (χ1v) is 9.44. The maximum atomic E-state index is 13.3. The van der Waals surface area contributed by atoms with E-state index in [0.29, 0.717) is 12.1 Å². The van der Waals surface area contributed by atoms with Crippen LogP contribution in [0.15, 0.2) is 47.2 Å². The molecule has 0 bridgehead atoms. The fourth-order valence-corrected chi connectivity index (χ4v) is 3.76. The van der Waals surface area contributed by atoms with Crippen molar-refractivity contribution in [2.45, 2.75) is 12.7 Å². The van der Waals surface area contributed by atoms with Crippen molar-refractivity contribution in [3.63, 3.8) is 0 Å². The summed E-state index contributed by atoms with van der Waals surface area (Å²) in [6.45, 7) is 3.53. The molecule has 0 N–H and O–H groups in total. The van der Waals surface area contributed by atoms with Crippen molar-refractivity contribution in [1.29, 1.82) is 0 Å². The molecule has 1 aromatic carbocycles. The number of piperazine rings is 1. The van der Waals surface area contributed by atoms with Crippen molar-refractivity contribution in [2.24, 2.45) is 0 Å². The molecule has 1 aliphatic rings. The number of hydrogen-bond donors (Lipinski definition) is 0. The molecule has 0 amide bonds. The van der Waals surface area contributed by atoms with E-state index >= 15 is 0 Å². The van der Waals surface area contributed by atoms with Gasteiger partial charge in [-0.1, -0.05) is 5.16 Å². The summed E-state index contributed by atoms with van der Waals surface area (Å²) in [7, 11) is 0. The third-order valence-corrected chi connectivity index (χ3v) is 5.35. The number of halogens is 4. The number of fused-ring (bicyclic) bond motifs is 2. The molecular formula is C20H17F4N5O. The Kier molecular flexibility index (Phi) is 4.39. The van der Waals surface area contributed by atoms with Gasteiger partial charge in [-0.15, -0.1) is 0 Å². The van der Waals surface area contributed by atoms with Crippen molar-refractivity contribution in [1.82, 2.24) is 19.4 Å². The summed E-state index contributed by atoms with van der Waals surface area (Å²) in [4.78, 5) is 7.97. The zero-order valence-corrected chi connectivity index (χ0v) is 15.7. The summed E-state index contributed by atoms with van der Waals surface area (Å²) in [6.07, 6.45) is -1.78. The highest BCUT2D eigenvalue weighted by Crippen LogP contribution is 2.29. The Labute approximate surface area is 168 Å². The predicted octanol–water partition coefficient (Wildman–Crippen LogP) is 3.96. The predicted molar refractivity (Wildman–Crippen MR) is 102 cm³/mol. The number of pyridine rings is 1. The standard InChI is InChI=1S/C20H17F4N5O/c21-13-1-3-15-16(26-30-17(15)9-13)11-27-5-7-28(8-6-27)14-2-4-19-25-18(20(22,23)24)12-29(19)10-14/h1-4,9-10,12H,5-8,11H2. The molecule has 0 saturated carbocycles. The number of rotatable bonds is 3. The number of alkyl halides is 3. The first-order chi connectivity index (χ1) is 14.4. The van der Waals surface area contributed by atoms with Crippen molar-refractivity contribution in [3.05, 3.63) is 59.9 Å². The molecule has 1 fully saturated rings. The molecule has 0 aliphatic carbocycles. The Bertz CT molecular complexity index is 1210. The summed E-state index contributed by atoms with van der Waals surface area (Å²) in [5, 5.41) is 4.86. The van der Waals surface area contributed by atoms with Crippen LogP contribution in [-0.2, 0) is 12.7 Å². The van der Waals surface area contributed by atoms with Gasteiger partial charge < -0.3 is 13.8 Å². The van der Waals surface area contributed by atoms with Crippen LogP contribution in [0.5, 0.6) is 0 Å². The second kappa shape index (κ2) is 6.98. The second-order valence-electron chi connectivity index (χ2n) is 7.31. The van der Waals surface area contributed by atoms with E-state index < -0.39 is 11.9 Å². The summed E-state index contributed by atoms with van der Waals surface area (Å²) in [6, 6.07) is 7.76. The fourth-order valence-electron chi connectivity index (χ4n) is 3.76. The van der Waals surface area contributed by atoms with Gasteiger partial charge in [-0.2, -0.15) is 13.2 Å². The zero-order valence-electron chi connectivity index (χ0n) is 15.7. The molecule has 0 atom stereocenters. The van der Waals surface area contributed by atoms with Gasteiger partial charge in [-0.05, 0) is 24.3 Å². The molecule has 3 aromatic heterocycles. The third-order valence-electron chi connectivity index (χ3n) is 5.35. The van der Waals surface area contributed by atoms with Crippen LogP contribution in [0.3, 0.4) is 0 Å². The third kappa shape index (κ3) is 3.47. The summed E-state index contributed by atoms with van der Waals surface area (Å²) >= 11 is 0. The molecule has 10 heteroatoms. The molecule has 5 rings (SSSR count). The molecular weight excluding hydrogens is 402 g/mol. The Morgan fingerprint density at radius 1 is 1.00 bits per heavy atom. The molecule has 0 spiro atoms. The molecule has 4 heterocycles. The number of anilines is 1. The molecule has 1 aliphatic heterocycles. The van der Waals surface area contributed by atoms with Gasteiger partial charge in [0, 0.05) is 56.6 Å². The highest BCUT2D eigenvalue weighted by molar-refractivity contribution is 5.79. The van der Waals surface area contributed by atoms with E-state index in [2.05, 4.69) is 19.9 Å². The first-order valence-electron chi connectivity index (χ1n) is 9.44. The van der Waals surface area contributed by atoms with Crippen molar-refractivity contribution < 1.29 is 22.1 Å². The Hall–Kier alpha value is -3.14. The molecule has 30 heavy (non-hydrogen) atoms. The monoisotopic (exact) mass is 419 g/mol. The van der Waals surface area contributed by atoms with Gasteiger partial charge in [-0.25, -0.2) is 9.37 Å². The van der Waals surface area contributed by atoms with E-state index in [1.165, 1.54) is 16.5 Å². The number of aromatic nitrogens is 3. The lowest BCUT2D eigenvalue weighted by Crippen LogP contribution is -2.46. The van der Waals surface area contributed by atoms with Crippen LogP contribution < -0.4 is 4.90 Å². The SMILES string of the molecule is Fc1ccc2c(CN3CCN(c4ccc5nc(C(F)(F)F)cn5c4)CC3)noc2c1. The van der Waals surface area contributed by atoms with Crippen molar-refractivity contribution in [2.75, 3.05) is 31.1 Å². The first kappa shape index (κ1) is 18.9. The van der Waals surface area contributed by atoms with Crippen molar-refractivity contribution in [3.8, 4) is 0 Å². The molecule has 0 unspecified atom stereocenters. The van der Waals surface area contributed by atoms with Crippen LogP contribution in [0.2, 0.25) is 0 Å². The largest absolute Gasteiger partial charge is 0.434 e. The van der Waals surface area contributed by atoms with E-state index in [-0.39, 0.29) is 11.5 Å². The van der Waals surface area contributed by atoms with Gasteiger partial charge in [0.25, 0.3) is 0 Å². The summed E-state index contributed by atoms with van der Waals surface area (Å²) in [5.41, 5.74) is 1.40. The second-order valence-corrected chi connectivity index (χ2v) is 7.31. The lowest BCUT2D eigenvalue weighted by molar-refractivity contribution is -0.140. The number of benzene rings is 1. The van der Waals surface area contributed by atoms with Crippen LogP contribution >= 0.6 is 0 Å². The minimum atomic E-state index is -4.46. The maximum absolute atomic E-state index is 13.3. The van der Waals surface area contributed by atoms with Gasteiger partial charge in [0.05, 0.1) is 5.69 Å². The number of nitrogens with zero attached hydrogens (tertiary/aromatic N) is 5. The van der Waals surface area contributed by atoms with Gasteiger partial charge in [-0.3, -0.25) is 4.90 Å². The fraction of sp³-hybridized carbons (Fsp3) is 0.300. The lowest BCUT2D eigenvalue weighted by atomic mass is 10.2. The van der Waals surface area contributed by atoms with Gasteiger partial charge in [0.1, 0.15) is 17.2 Å². The van der Waals surface area contributed by atoms with E-state index in [0.717, 1.165) is 49.1 Å². The van der Waals surface area contributed by atoms with E-state index in [4.69, 9.17) is 4.52 Å². The van der Waals surface area contributed by atoms with Crippen molar-refractivity contribution >= 4 is 22.3 Å². The average molecular weight is 419 g/mol. The summed E-state index contributed by atoms with van der Waals surface area (Å²) in [5.74, 6) is -0.365. The van der Waals surface area contributed by atoms with Gasteiger partial charge >= 0.3 is 6.18 Å². The molecule has 6 nitrogen and oxygen atoms in total. The summed E-state index contributed by atoms with van der Waals surface area (Å²) < 4.78 is 58.5. The lowest BCUT2D eigenvalue weighted by Gasteiger charge is -2.35. The Balaban J connectivity index is 1.27. The maximum Gasteiger partial charge on any atom is 0.434 e. The van der Waals surface area contributed by atoms with Crippen LogP contribution in [0.25, 0.3) is 16.6 Å². The Morgan fingerprint density at radius 2 is 1.80 bits per heavy atom. The number of hydrogen-bond acceptors (Lipinski definition) is 5. The van der Waals surface area contributed by atoms with Crippen LogP contribution in [-0.4, -0.2) is 45.6 Å². The van der Waals surface area contributed by atoms with Crippen LogP contribution in [0.1, 0.15) is 11.4 Å². The molecule has 156 valence electrons. The van der Waals surface area contributed by atoms with Crippen LogP contribution in [0, 0.1) is 5.82 Å². The smallest absolute Gasteiger partial charge is 0.368 e. The topological polar surface area (TPSA) is 49.8 Å². The zero-order chi connectivity index (χ0) is 20.9. The van der Waals surface area contributed by atoms with E-state index in [1.807, 2.05) is 0 Å². The van der Waals surface area contributed by atoms with E-state index in [1.54, 1.807) is 24.4 Å². The minimum absolute atomic E-state index is 0.263. The molecule has 4 aromatic rings. The number of imidazole rings is 1. The van der Waals surface area contributed by atoms with E-state index in [9.17, 15) is 17.6 Å². The highest BCUT2D eigenvalue weighted by atomic mass is 19.4. The average Bonchev–Trinajstić information content (AvgIpc) is 3.32. The Morgan fingerprint density at radius 3 is 2.57 bits per heavy atom.